The molecule has 0 bridgehead atoms. The summed E-state index contributed by atoms with van der Waals surface area (Å²) in [7, 11) is 0. The van der Waals surface area contributed by atoms with Crippen LogP contribution >= 0.6 is 12.6 Å². The SMILES string of the molecule is CCC(C)C(N)C(=O)NC(CS)C(=O)NC(Cc1ccccc1)C(=O)NC(C(=O)O)C(C)O. The molecule has 0 saturated carbocycles. The van der Waals surface area contributed by atoms with Crippen LogP contribution in [0.2, 0.25) is 0 Å². The molecule has 0 radical (unpaired) electrons. The predicted octanol–water partition coefficient (Wildman–Crippen LogP) is -0.548. The second kappa shape index (κ2) is 13.8. The van der Waals surface area contributed by atoms with Crippen LogP contribution in [0.3, 0.4) is 0 Å². The van der Waals surface area contributed by atoms with Crippen molar-refractivity contribution in [2.45, 2.75) is 63.9 Å². The van der Waals surface area contributed by atoms with Crippen LogP contribution in [0, 0.1) is 5.92 Å². The summed E-state index contributed by atoms with van der Waals surface area (Å²) >= 11 is 4.13. The smallest absolute Gasteiger partial charge is 0.328 e. The van der Waals surface area contributed by atoms with Crippen LogP contribution in [0.1, 0.15) is 32.8 Å². The van der Waals surface area contributed by atoms with E-state index >= 15 is 0 Å². The first-order valence-electron chi connectivity index (χ1n) is 10.7. The third-order valence-corrected chi connectivity index (χ3v) is 5.70. The van der Waals surface area contributed by atoms with Gasteiger partial charge in [0.05, 0.1) is 12.1 Å². The molecule has 1 rings (SSSR count). The van der Waals surface area contributed by atoms with Crippen molar-refractivity contribution < 1.29 is 29.4 Å². The van der Waals surface area contributed by atoms with Crippen LogP contribution in [-0.4, -0.2) is 69.9 Å². The number of nitrogens with one attached hydrogen (secondary N) is 3. The number of nitrogens with two attached hydrogens (primary N) is 1. The molecule has 11 heteroatoms. The van der Waals surface area contributed by atoms with Gasteiger partial charge < -0.3 is 31.9 Å². The lowest BCUT2D eigenvalue weighted by Crippen LogP contribution is -2.59. The molecule has 0 spiro atoms. The fourth-order valence-corrected chi connectivity index (χ4v) is 3.21. The Bertz CT molecular complexity index is 807. The molecular formula is C22H34N4O6S. The molecule has 1 aromatic rings. The largest absolute Gasteiger partial charge is 0.480 e. The summed E-state index contributed by atoms with van der Waals surface area (Å²) in [6.45, 7) is 4.95. The summed E-state index contributed by atoms with van der Waals surface area (Å²) in [5.41, 5.74) is 6.64. The molecule has 3 amide bonds. The third-order valence-electron chi connectivity index (χ3n) is 5.34. The number of hydrogen-bond donors (Lipinski definition) is 7. The van der Waals surface area contributed by atoms with Gasteiger partial charge >= 0.3 is 5.97 Å². The van der Waals surface area contributed by atoms with Crippen LogP contribution < -0.4 is 21.7 Å². The molecule has 10 nitrogen and oxygen atoms in total. The van der Waals surface area contributed by atoms with Crippen molar-refractivity contribution in [1.29, 1.82) is 0 Å². The van der Waals surface area contributed by atoms with E-state index < -0.39 is 54.0 Å². The average Bonchev–Trinajstić information content (AvgIpc) is 2.79. The lowest BCUT2D eigenvalue weighted by Gasteiger charge is -2.26. The molecule has 0 aliphatic rings. The molecule has 0 fully saturated rings. The number of aliphatic carboxylic acids is 1. The monoisotopic (exact) mass is 482 g/mol. The minimum Gasteiger partial charge on any atom is -0.480 e. The Morgan fingerprint density at radius 1 is 0.970 bits per heavy atom. The first-order valence-corrected chi connectivity index (χ1v) is 11.4. The minimum atomic E-state index is -1.55. The van der Waals surface area contributed by atoms with Crippen LogP contribution in [0.4, 0.5) is 0 Å². The van der Waals surface area contributed by atoms with E-state index in [0.29, 0.717) is 12.0 Å². The topological polar surface area (TPSA) is 171 Å². The molecule has 6 atom stereocenters. The highest BCUT2D eigenvalue weighted by Gasteiger charge is 2.32. The van der Waals surface area contributed by atoms with E-state index in [1.807, 2.05) is 13.8 Å². The molecule has 184 valence electrons. The van der Waals surface area contributed by atoms with E-state index in [0.717, 1.165) is 0 Å². The Hall–Kier alpha value is -2.63. The molecular weight excluding hydrogens is 448 g/mol. The van der Waals surface area contributed by atoms with Crippen molar-refractivity contribution in [3.8, 4) is 0 Å². The number of carbonyl (C=O) groups is 4. The van der Waals surface area contributed by atoms with Gasteiger partial charge in [0.25, 0.3) is 0 Å². The normalized spacial score (nSPS) is 16.4. The van der Waals surface area contributed by atoms with E-state index in [-0.39, 0.29) is 18.1 Å². The van der Waals surface area contributed by atoms with Crippen LogP contribution in [0.5, 0.6) is 0 Å². The molecule has 0 aliphatic carbocycles. The molecule has 0 saturated heterocycles. The van der Waals surface area contributed by atoms with E-state index in [4.69, 9.17) is 5.73 Å². The number of thiol groups is 1. The molecule has 1 aromatic carbocycles. The molecule has 0 aromatic heterocycles. The number of carbonyl (C=O) groups excluding carboxylic acids is 3. The highest BCUT2D eigenvalue weighted by molar-refractivity contribution is 7.80. The maximum atomic E-state index is 12.9. The number of rotatable bonds is 13. The lowest BCUT2D eigenvalue weighted by molar-refractivity contribution is -0.145. The van der Waals surface area contributed by atoms with Gasteiger partial charge in [-0.3, -0.25) is 14.4 Å². The summed E-state index contributed by atoms with van der Waals surface area (Å²) in [5, 5.41) is 26.3. The Labute approximate surface area is 199 Å². The van der Waals surface area contributed by atoms with E-state index in [2.05, 4.69) is 28.6 Å². The zero-order valence-electron chi connectivity index (χ0n) is 19.0. The Morgan fingerprint density at radius 2 is 1.52 bits per heavy atom. The lowest BCUT2D eigenvalue weighted by atomic mass is 9.99. The summed E-state index contributed by atoms with van der Waals surface area (Å²) in [5.74, 6) is -3.53. The van der Waals surface area contributed by atoms with Crippen molar-refractivity contribution in [3.63, 3.8) is 0 Å². The highest BCUT2D eigenvalue weighted by Crippen LogP contribution is 2.08. The molecule has 7 N–H and O–H groups in total. The molecule has 0 aliphatic heterocycles. The number of hydrogen-bond acceptors (Lipinski definition) is 7. The van der Waals surface area contributed by atoms with Gasteiger partial charge in [0.1, 0.15) is 12.1 Å². The van der Waals surface area contributed by atoms with Gasteiger partial charge in [-0.1, -0.05) is 50.6 Å². The van der Waals surface area contributed by atoms with Gasteiger partial charge in [0.2, 0.25) is 17.7 Å². The number of carboxylic acids is 1. The summed E-state index contributed by atoms with van der Waals surface area (Å²) < 4.78 is 0. The minimum absolute atomic E-state index is 0.0457. The van der Waals surface area contributed by atoms with Crippen molar-refractivity contribution in [2.75, 3.05) is 5.75 Å². The Morgan fingerprint density at radius 3 is 2.00 bits per heavy atom. The zero-order chi connectivity index (χ0) is 25.1. The maximum Gasteiger partial charge on any atom is 0.328 e. The summed E-state index contributed by atoms with van der Waals surface area (Å²) in [6, 6.07) is 4.22. The zero-order valence-corrected chi connectivity index (χ0v) is 19.9. The number of amides is 3. The second-order valence-corrected chi connectivity index (χ2v) is 8.34. The second-order valence-electron chi connectivity index (χ2n) is 7.97. The van der Waals surface area contributed by atoms with E-state index in [9.17, 15) is 29.4 Å². The van der Waals surface area contributed by atoms with Crippen LogP contribution in [0.25, 0.3) is 0 Å². The van der Waals surface area contributed by atoms with Crippen molar-refractivity contribution in [1.82, 2.24) is 16.0 Å². The van der Waals surface area contributed by atoms with Gasteiger partial charge in [-0.25, -0.2) is 4.79 Å². The number of benzene rings is 1. The maximum absolute atomic E-state index is 12.9. The van der Waals surface area contributed by atoms with E-state index in [1.54, 1.807) is 30.3 Å². The van der Waals surface area contributed by atoms with Crippen molar-refractivity contribution in [3.05, 3.63) is 35.9 Å². The van der Waals surface area contributed by atoms with Gasteiger partial charge in [-0.15, -0.1) is 0 Å². The van der Waals surface area contributed by atoms with Gasteiger partial charge in [0.15, 0.2) is 6.04 Å². The predicted molar refractivity (Wildman–Crippen MR) is 127 cm³/mol. The summed E-state index contributed by atoms with van der Waals surface area (Å²) in [4.78, 5) is 49.5. The van der Waals surface area contributed by atoms with Crippen molar-refractivity contribution in [2.24, 2.45) is 11.7 Å². The number of carboxylic acid groups (broad SMARTS) is 1. The first-order chi connectivity index (χ1) is 15.5. The highest BCUT2D eigenvalue weighted by atomic mass is 32.1. The van der Waals surface area contributed by atoms with E-state index in [1.165, 1.54) is 6.92 Å². The van der Waals surface area contributed by atoms with Gasteiger partial charge in [0, 0.05) is 12.2 Å². The number of aliphatic hydroxyl groups excluding tert-OH is 1. The van der Waals surface area contributed by atoms with Crippen molar-refractivity contribution >= 4 is 36.3 Å². The molecule has 0 heterocycles. The fraction of sp³-hybridized carbons (Fsp3) is 0.545. The molecule has 33 heavy (non-hydrogen) atoms. The van der Waals surface area contributed by atoms with Gasteiger partial charge in [-0.05, 0) is 18.4 Å². The average molecular weight is 483 g/mol. The van der Waals surface area contributed by atoms with Gasteiger partial charge in [-0.2, -0.15) is 12.6 Å². The first kappa shape index (κ1) is 28.4. The standard InChI is InChI=1S/C22H34N4O6S/c1-4-12(2)17(23)21(30)25-16(11-33)20(29)24-15(10-14-8-6-5-7-9-14)19(28)26-18(13(3)27)22(31)32/h5-9,12-13,15-18,27,33H,4,10-11,23H2,1-3H3,(H,24,29)(H,25,30)(H,26,28)(H,31,32). The number of aliphatic hydroxyl groups is 1. The third kappa shape index (κ3) is 9.03. The van der Waals surface area contributed by atoms with Crippen LogP contribution in [0.15, 0.2) is 30.3 Å². The Kier molecular flexibility index (Phi) is 11.9. The quantitative estimate of drug-likeness (QED) is 0.185. The molecule has 6 unspecified atom stereocenters. The van der Waals surface area contributed by atoms with Crippen LogP contribution in [-0.2, 0) is 25.6 Å². The Balaban J connectivity index is 3.02. The fourth-order valence-electron chi connectivity index (χ4n) is 2.95. The summed E-state index contributed by atoms with van der Waals surface area (Å²) in [6.07, 6.45) is -0.616.